The quantitative estimate of drug-likeness (QED) is 0.475. The molecule has 156 valence electrons. The molecule has 2 N–H and O–H groups in total. The molecule has 8 nitrogen and oxygen atoms in total. The molecular weight excluding hydrogens is 388 g/mol. The zero-order valence-electron chi connectivity index (χ0n) is 17.6. The van der Waals surface area contributed by atoms with Gasteiger partial charge in [-0.3, -0.25) is 9.78 Å². The molecule has 8 heteroatoms. The summed E-state index contributed by atoms with van der Waals surface area (Å²) in [4.78, 5) is 13.3. The first-order valence-electron chi connectivity index (χ1n) is 10.6. The number of anilines is 1. The predicted molar refractivity (Wildman–Crippen MR) is 123 cm³/mol. The van der Waals surface area contributed by atoms with Gasteiger partial charge >= 0.3 is 0 Å². The Morgan fingerprint density at radius 2 is 1.84 bits per heavy atom. The Bertz CT molecular complexity index is 1380. The minimum Gasteiger partial charge on any atom is -0.368 e. The van der Waals surface area contributed by atoms with Gasteiger partial charge in [-0.15, -0.1) is 0 Å². The number of likely N-dealkylation sites (N-methyl/N-ethyl adjacent to an activating group) is 1. The normalized spacial score (nSPS) is 15.4. The number of piperazine rings is 1. The van der Waals surface area contributed by atoms with Gasteiger partial charge in [-0.25, -0.2) is 4.98 Å². The molecule has 0 amide bonds. The highest BCUT2D eigenvalue weighted by Gasteiger charge is 2.19. The van der Waals surface area contributed by atoms with Crippen molar-refractivity contribution in [2.45, 2.75) is 0 Å². The monoisotopic (exact) mass is 412 g/mol. The van der Waals surface area contributed by atoms with Gasteiger partial charge in [-0.1, -0.05) is 6.07 Å². The predicted octanol–water partition coefficient (Wildman–Crippen LogP) is 3.26. The number of pyridine rings is 1. The molecule has 1 aliphatic heterocycles. The fraction of sp³-hybridized carbons (Fsp3) is 0.261. The second-order valence-electron chi connectivity index (χ2n) is 8.28. The molecule has 5 aromatic rings. The summed E-state index contributed by atoms with van der Waals surface area (Å²) in [5.74, 6) is 0. The van der Waals surface area contributed by atoms with E-state index < -0.39 is 0 Å². The molecule has 1 saturated heterocycles. The molecule has 1 aliphatic rings. The van der Waals surface area contributed by atoms with Crippen molar-refractivity contribution in [2.75, 3.05) is 38.1 Å². The maximum Gasteiger partial charge on any atom is 0.135 e. The summed E-state index contributed by atoms with van der Waals surface area (Å²) in [5, 5.41) is 13.2. The van der Waals surface area contributed by atoms with E-state index in [1.54, 1.807) is 4.68 Å². The van der Waals surface area contributed by atoms with E-state index >= 15 is 0 Å². The number of benzene rings is 1. The van der Waals surface area contributed by atoms with Gasteiger partial charge in [-0.2, -0.15) is 10.2 Å². The number of hydrogen-bond donors (Lipinski definition) is 2. The molecule has 6 rings (SSSR count). The van der Waals surface area contributed by atoms with Gasteiger partial charge in [0, 0.05) is 61.6 Å². The number of fused-ring (bicyclic) bond motifs is 2. The maximum absolute atomic E-state index is 4.90. The zero-order chi connectivity index (χ0) is 20.9. The van der Waals surface area contributed by atoms with Gasteiger partial charge in [0.15, 0.2) is 0 Å². The molecule has 0 radical (unpaired) electrons. The number of aromatic nitrogens is 6. The summed E-state index contributed by atoms with van der Waals surface area (Å²) < 4.78 is 1.79. The number of hydrogen-bond acceptors (Lipinski definition) is 5. The van der Waals surface area contributed by atoms with E-state index in [-0.39, 0.29) is 0 Å². The summed E-state index contributed by atoms with van der Waals surface area (Å²) in [6.45, 7) is 4.24. The molecule has 4 aromatic heterocycles. The lowest BCUT2D eigenvalue weighted by atomic mass is 10.1. The van der Waals surface area contributed by atoms with Crippen LogP contribution < -0.4 is 4.90 Å². The van der Waals surface area contributed by atoms with Crippen molar-refractivity contribution in [1.29, 1.82) is 0 Å². The van der Waals surface area contributed by atoms with Crippen LogP contribution in [0.4, 0.5) is 5.69 Å². The van der Waals surface area contributed by atoms with Crippen molar-refractivity contribution in [3.8, 4) is 22.6 Å². The van der Waals surface area contributed by atoms with E-state index in [0.29, 0.717) is 0 Å². The van der Waals surface area contributed by atoms with Crippen LogP contribution in [0.3, 0.4) is 0 Å². The van der Waals surface area contributed by atoms with Gasteiger partial charge in [0.05, 0.1) is 23.1 Å². The smallest absolute Gasteiger partial charge is 0.135 e. The topological polar surface area (TPSA) is 81.7 Å². The van der Waals surface area contributed by atoms with E-state index in [1.165, 1.54) is 11.1 Å². The van der Waals surface area contributed by atoms with E-state index in [4.69, 9.17) is 4.98 Å². The van der Waals surface area contributed by atoms with Crippen LogP contribution in [0, 0.1) is 0 Å². The van der Waals surface area contributed by atoms with E-state index in [9.17, 15) is 0 Å². The average molecular weight is 413 g/mol. The van der Waals surface area contributed by atoms with Crippen LogP contribution in [-0.2, 0) is 7.05 Å². The molecule has 1 fully saturated rings. The van der Waals surface area contributed by atoms with Crippen LogP contribution in [0.25, 0.3) is 44.6 Å². The third kappa shape index (κ3) is 3.07. The highest BCUT2D eigenvalue weighted by Crippen LogP contribution is 2.33. The number of H-pyrrole nitrogens is 2. The highest BCUT2D eigenvalue weighted by molar-refractivity contribution is 5.99. The molecular formula is C23H24N8. The average Bonchev–Trinajstić information content (AvgIpc) is 3.51. The summed E-state index contributed by atoms with van der Waals surface area (Å²) in [5.41, 5.74) is 7.85. The molecule has 5 heterocycles. The maximum atomic E-state index is 4.90. The van der Waals surface area contributed by atoms with Crippen molar-refractivity contribution in [3.05, 3.63) is 48.8 Å². The van der Waals surface area contributed by atoms with Gasteiger partial charge in [-0.05, 0) is 37.4 Å². The Morgan fingerprint density at radius 3 is 2.65 bits per heavy atom. The van der Waals surface area contributed by atoms with Gasteiger partial charge in [0.25, 0.3) is 0 Å². The van der Waals surface area contributed by atoms with Crippen LogP contribution in [-0.4, -0.2) is 68.1 Å². The Balaban J connectivity index is 1.44. The lowest BCUT2D eigenvalue weighted by molar-refractivity contribution is 0.313. The Labute approximate surface area is 179 Å². The summed E-state index contributed by atoms with van der Waals surface area (Å²) in [6.07, 6.45) is 3.80. The van der Waals surface area contributed by atoms with Crippen molar-refractivity contribution >= 4 is 27.6 Å². The molecule has 0 saturated carbocycles. The van der Waals surface area contributed by atoms with Crippen LogP contribution >= 0.6 is 0 Å². The number of aromatic amines is 2. The Hall–Kier alpha value is -3.65. The van der Waals surface area contributed by atoms with Crippen LogP contribution in [0.1, 0.15) is 0 Å². The second-order valence-corrected chi connectivity index (χ2v) is 8.28. The first kappa shape index (κ1) is 18.1. The molecule has 0 bridgehead atoms. The number of rotatable bonds is 3. The van der Waals surface area contributed by atoms with Crippen molar-refractivity contribution in [3.63, 3.8) is 0 Å². The Morgan fingerprint density at radius 1 is 0.968 bits per heavy atom. The fourth-order valence-corrected chi connectivity index (χ4v) is 4.39. The summed E-state index contributed by atoms with van der Waals surface area (Å²) in [6, 6.07) is 12.7. The van der Waals surface area contributed by atoms with Gasteiger partial charge in [0.2, 0.25) is 0 Å². The van der Waals surface area contributed by atoms with E-state index in [0.717, 1.165) is 65.4 Å². The molecule has 0 atom stereocenters. The number of nitrogens with zero attached hydrogens (tertiary/aromatic N) is 6. The SMILES string of the molecule is CN1CCN(c2cccc3[nH]c(-c4n[nH]c5ccc(-c6cnn(C)c6)nc45)cc23)CC1. The third-order valence-electron chi connectivity index (χ3n) is 6.15. The first-order valence-corrected chi connectivity index (χ1v) is 10.6. The van der Waals surface area contributed by atoms with Crippen LogP contribution in [0.2, 0.25) is 0 Å². The minimum absolute atomic E-state index is 0.835. The molecule has 0 spiro atoms. The highest BCUT2D eigenvalue weighted by atomic mass is 15.3. The third-order valence-corrected chi connectivity index (χ3v) is 6.15. The van der Waals surface area contributed by atoms with Crippen molar-refractivity contribution in [2.24, 2.45) is 7.05 Å². The summed E-state index contributed by atoms with van der Waals surface area (Å²) in [7, 11) is 4.09. The fourth-order valence-electron chi connectivity index (χ4n) is 4.39. The van der Waals surface area contributed by atoms with Gasteiger partial charge < -0.3 is 14.8 Å². The molecule has 0 unspecified atom stereocenters. The lowest BCUT2D eigenvalue weighted by Gasteiger charge is -2.34. The lowest BCUT2D eigenvalue weighted by Crippen LogP contribution is -2.44. The van der Waals surface area contributed by atoms with E-state index in [2.05, 4.69) is 61.4 Å². The van der Waals surface area contributed by atoms with Crippen molar-refractivity contribution in [1.82, 2.24) is 34.8 Å². The standard InChI is InChI=1S/C23H24N8/c1-29-8-10-31(11-9-29)21-5-3-4-18-16(21)12-20(25-18)23-22-19(27-28-23)7-6-17(26-22)15-13-24-30(2)14-15/h3-7,12-14,25H,8-11H2,1-2H3,(H,27,28). The van der Waals surface area contributed by atoms with Crippen LogP contribution in [0.15, 0.2) is 48.8 Å². The molecule has 31 heavy (non-hydrogen) atoms. The summed E-state index contributed by atoms with van der Waals surface area (Å²) >= 11 is 0. The van der Waals surface area contributed by atoms with Gasteiger partial charge in [0.1, 0.15) is 11.2 Å². The number of nitrogens with one attached hydrogen (secondary N) is 2. The molecule has 0 aliphatic carbocycles. The largest absolute Gasteiger partial charge is 0.368 e. The molecule has 1 aromatic carbocycles. The van der Waals surface area contributed by atoms with Crippen LogP contribution in [0.5, 0.6) is 0 Å². The number of aryl methyl sites for hydroxylation is 1. The van der Waals surface area contributed by atoms with Crippen molar-refractivity contribution < 1.29 is 0 Å². The second kappa shape index (κ2) is 6.95. The minimum atomic E-state index is 0.835. The Kier molecular flexibility index (Phi) is 4.07. The first-order chi connectivity index (χ1) is 15.2. The zero-order valence-corrected chi connectivity index (χ0v) is 17.6. The van der Waals surface area contributed by atoms with E-state index in [1.807, 2.05) is 31.6 Å².